The zero-order valence-corrected chi connectivity index (χ0v) is 13.3. The molecule has 0 aliphatic heterocycles. The highest BCUT2D eigenvalue weighted by molar-refractivity contribution is 9.10. The van der Waals surface area contributed by atoms with Crippen molar-refractivity contribution in [1.82, 2.24) is 0 Å². The summed E-state index contributed by atoms with van der Waals surface area (Å²) < 4.78 is 12.7. The van der Waals surface area contributed by atoms with Gasteiger partial charge in [-0.1, -0.05) is 15.9 Å². The molecule has 0 aliphatic rings. The van der Waals surface area contributed by atoms with Crippen molar-refractivity contribution in [3.8, 4) is 5.75 Å². The largest absolute Gasteiger partial charge is 0.495 e. The Labute approximate surface area is 123 Å². The topological polar surface area (TPSA) is 34.4 Å². The first-order valence-electron chi connectivity index (χ1n) is 5.41. The summed E-state index contributed by atoms with van der Waals surface area (Å²) in [6.07, 6.45) is 1.66. The first-order valence-corrected chi connectivity index (χ1v) is 7.00. The van der Waals surface area contributed by atoms with Gasteiger partial charge < -0.3 is 14.5 Å². The van der Waals surface area contributed by atoms with Gasteiger partial charge in [0.05, 0.1) is 30.1 Å². The third-order valence-corrected chi connectivity index (χ3v) is 3.77. The molecule has 1 aromatic heterocycles. The predicted octanol–water partition coefficient (Wildman–Crippen LogP) is 4.73. The van der Waals surface area contributed by atoms with Crippen molar-refractivity contribution in [1.29, 1.82) is 0 Å². The summed E-state index contributed by atoms with van der Waals surface area (Å²) in [6.45, 7) is 2.64. The molecule has 2 aromatic rings. The summed E-state index contributed by atoms with van der Waals surface area (Å²) in [5.41, 5.74) is 2.09. The van der Waals surface area contributed by atoms with Crippen molar-refractivity contribution in [2.75, 3.05) is 12.4 Å². The van der Waals surface area contributed by atoms with Crippen LogP contribution in [0, 0.1) is 6.92 Å². The van der Waals surface area contributed by atoms with Crippen LogP contribution in [0.4, 0.5) is 5.69 Å². The third kappa shape index (κ3) is 2.90. The van der Waals surface area contributed by atoms with Crippen LogP contribution in [0.2, 0.25) is 0 Å². The van der Waals surface area contributed by atoms with Crippen LogP contribution in [0.15, 0.2) is 37.8 Å². The van der Waals surface area contributed by atoms with Gasteiger partial charge >= 0.3 is 0 Å². The van der Waals surface area contributed by atoms with Crippen LogP contribution in [0.5, 0.6) is 5.75 Å². The lowest BCUT2D eigenvalue weighted by molar-refractivity contribution is 0.415. The lowest BCUT2D eigenvalue weighted by atomic mass is 10.2. The Morgan fingerprint density at radius 1 is 1.33 bits per heavy atom. The average Bonchev–Trinajstić information content (AvgIpc) is 2.73. The number of hydrogen-bond donors (Lipinski definition) is 1. The molecule has 5 heteroatoms. The molecule has 1 heterocycles. The van der Waals surface area contributed by atoms with Gasteiger partial charge in [0.15, 0.2) is 0 Å². The van der Waals surface area contributed by atoms with Gasteiger partial charge in [0.2, 0.25) is 0 Å². The second-order valence-corrected chi connectivity index (χ2v) is 5.62. The molecule has 0 bridgehead atoms. The second kappa shape index (κ2) is 5.80. The molecule has 0 atom stereocenters. The van der Waals surface area contributed by atoms with Gasteiger partial charge in [-0.25, -0.2) is 0 Å². The molecule has 0 fully saturated rings. The summed E-state index contributed by atoms with van der Waals surface area (Å²) >= 11 is 6.89. The third-order valence-electron chi connectivity index (χ3n) is 2.60. The van der Waals surface area contributed by atoms with Gasteiger partial charge in [-0.15, -0.1) is 0 Å². The lowest BCUT2D eigenvalue weighted by Gasteiger charge is -2.14. The van der Waals surface area contributed by atoms with Crippen molar-refractivity contribution in [2.45, 2.75) is 13.5 Å². The van der Waals surface area contributed by atoms with Gasteiger partial charge in [-0.05, 0) is 46.6 Å². The minimum atomic E-state index is 0.604. The van der Waals surface area contributed by atoms with Gasteiger partial charge in [0.25, 0.3) is 0 Å². The first-order chi connectivity index (χ1) is 8.61. The fraction of sp³-hybridized carbons (Fsp3) is 0.231. The average molecular weight is 375 g/mol. The number of furan rings is 1. The molecule has 0 saturated carbocycles. The number of nitrogens with one attached hydrogen (secondary N) is 1. The van der Waals surface area contributed by atoms with Crippen LogP contribution in [-0.4, -0.2) is 7.11 Å². The number of hydrogen-bond acceptors (Lipinski definition) is 3. The Morgan fingerprint density at radius 3 is 2.72 bits per heavy atom. The van der Waals surface area contributed by atoms with E-state index in [1.54, 1.807) is 13.4 Å². The number of rotatable bonds is 4. The maximum absolute atomic E-state index is 5.37. The minimum Gasteiger partial charge on any atom is -0.495 e. The molecular formula is C13H13Br2NO2. The summed E-state index contributed by atoms with van der Waals surface area (Å²) in [5.74, 6) is 1.67. The van der Waals surface area contributed by atoms with Crippen LogP contribution in [0.25, 0.3) is 0 Å². The molecule has 0 radical (unpaired) electrons. The fourth-order valence-electron chi connectivity index (χ4n) is 1.72. The normalized spacial score (nSPS) is 10.4. The highest BCUT2D eigenvalue weighted by Crippen LogP contribution is 2.32. The smallest absolute Gasteiger partial charge is 0.143 e. The van der Waals surface area contributed by atoms with Crippen LogP contribution in [0.3, 0.4) is 0 Å². The molecule has 0 amide bonds. The van der Waals surface area contributed by atoms with Crippen LogP contribution < -0.4 is 10.1 Å². The molecule has 0 aliphatic carbocycles. The number of anilines is 1. The Balaban J connectivity index is 2.21. The van der Waals surface area contributed by atoms with Crippen LogP contribution in [0.1, 0.15) is 11.3 Å². The van der Waals surface area contributed by atoms with Crippen molar-refractivity contribution in [2.24, 2.45) is 0 Å². The predicted molar refractivity (Wildman–Crippen MR) is 79.2 cm³/mol. The van der Waals surface area contributed by atoms with Gasteiger partial charge in [-0.3, -0.25) is 0 Å². The first kappa shape index (κ1) is 13.5. The quantitative estimate of drug-likeness (QED) is 0.839. The summed E-state index contributed by atoms with van der Waals surface area (Å²) in [7, 11) is 1.66. The van der Waals surface area contributed by atoms with E-state index in [4.69, 9.17) is 9.15 Å². The highest BCUT2D eigenvalue weighted by Gasteiger charge is 2.10. The number of ether oxygens (including phenoxy) is 1. The maximum Gasteiger partial charge on any atom is 0.143 e. The van der Waals surface area contributed by atoms with Crippen molar-refractivity contribution in [3.63, 3.8) is 0 Å². The van der Waals surface area contributed by atoms with E-state index in [1.165, 1.54) is 0 Å². The molecule has 3 nitrogen and oxygen atoms in total. The molecule has 0 spiro atoms. The Hall–Kier alpha value is -0.940. The molecule has 1 N–H and O–H groups in total. The van der Waals surface area contributed by atoms with Gasteiger partial charge in [-0.2, -0.15) is 0 Å². The van der Waals surface area contributed by atoms with E-state index in [1.807, 2.05) is 25.1 Å². The Morgan fingerprint density at radius 2 is 2.11 bits per heavy atom. The van der Waals surface area contributed by atoms with E-state index in [-0.39, 0.29) is 0 Å². The fourth-order valence-corrected chi connectivity index (χ4v) is 2.61. The standard InChI is InChI=1S/C13H13Br2NO2/c1-8-5-9(14)6-11(17-2)13(8)16-7-12-10(15)3-4-18-12/h3-6,16H,7H2,1-2H3. The molecule has 0 saturated heterocycles. The molecule has 96 valence electrons. The molecular weight excluding hydrogens is 362 g/mol. The number of methoxy groups -OCH3 is 1. The Kier molecular flexibility index (Phi) is 4.35. The minimum absolute atomic E-state index is 0.604. The van der Waals surface area contributed by atoms with Crippen molar-refractivity contribution < 1.29 is 9.15 Å². The molecule has 0 unspecified atom stereocenters. The Bertz CT molecular complexity index is 552. The van der Waals surface area contributed by atoms with E-state index < -0.39 is 0 Å². The van der Waals surface area contributed by atoms with Crippen molar-refractivity contribution in [3.05, 3.63) is 44.7 Å². The highest BCUT2D eigenvalue weighted by atomic mass is 79.9. The summed E-state index contributed by atoms with van der Waals surface area (Å²) in [5, 5.41) is 3.33. The zero-order valence-electron chi connectivity index (χ0n) is 10.1. The number of halogens is 2. The van der Waals surface area contributed by atoms with Gasteiger partial charge in [0, 0.05) is 4.47 Å². The molecule has 1 aromatic carbocycles. The van der Waals surface area contributed by atoms with E-state index in [2.05, 4.69) is 37.2 Å². The molecule has 18 heavy (non-hydrogen) atoms. The van der Waals surface area contributed by atoms with E-state index in [0.29, 0.717) is 6.54 Å². The maximum atomic E-state index is 5.37. The molecule has 2 rings (SSSR count). The van der Waals surface area contributed by atoms with E-state index >= 15 is 0 Å². The van der Waals surface area contributed by atoms with Crippen LogP contribution >= 0.6 is 31.9 Å². The van der Waals surface area contributed by atoms with Crippen molar-refractivity contribution >= 4 is 37.5 Å². The van der Waals surface area contributed by atoms with E-state index in [0.717, 1.165) is 31.7 Å². The summed E-state index contributed by atoms with van der Waals surface area (Å²) in [4.78, 5) is 0. The number of benzene rings is 1. The summed E-state index contributed by atoms with van der Waals surface area (Å²) in [6, 6.07) is 5.86. The lowest BCUT2D eigenvalue weighted by Crippen LogP contribution is -2.03. The number of aryl methyl sites for hydroxylation is 1. The van der Waals surface area contributed by atoms with Crippen LogP contribution in [-0.2, 0) is 6.54 Å². The SMILES string of the molecule is COc1cc(Br)cc(C)c1NCc1occc1Br. The van der Waals surface area contributed by atoms with Gasteiger partial charge in [0.1, 0.15) is 11.5 Å². The zero-order chi connectivity index (χ0) is 13.1. The monoisotopic (exact) mass is 373 g/mol. The van der Waals surface area contributed by atoms with E-state index in [9.17, 15) is 0 Å². The second-order valence-electron chi connectivity index (χ2n) is 3.85.